The van der Waals surface area contributed by atoms with E-state index in [2.05, 4.69) is 5.32 Å². The van der Waals surface area contributed by atoms with Gasteiger partial charge in [-0.1, -0.05) is 41.5 Å². The number of rotatable bonds is 6. The molecule has 0 aliphatic heterocycles. The standard InChI is InChI=1S/C14H27NO3/c1-7-14(5,6)12(18)15-9-10(11(16)17)8-13(2,3)4/h10H,7-9H2,1-6H3,(H,15,18)(H,16,17). The maximum Gasteiger partial charge on any atom is 0.308 e. The van der Waals surface area contributed by atoms with Gasteiger partial charge in [0, 0.05) is 12.0 Å². The maximum absolute atomic E-state index is 11.9. The van der Waals surface area contributed by atoms with E-state index < -0.39 is 17.3 Å². The van der Waals surface area contributed by atoms with Crippen LogP contribution in [0.5, 0.6) is 0 Å². The first kappa shape index (κ1) is 16.9. The summed E-state index contributed by atoms with van der Waals surface area (Å²) in [6, 6.07) is 0. The molecule has 0 aliphatic rings. The molecule has 106 valence electrons. The van der Waals surface area contributed by atoms with Crippen LogP contribution in [0, 0.1) is 16.7 Å². The number of amides is 1. The number of carboxylic acids is 1. The van der Waals surface area contributed by atoms with Crippen molar-refractivity contribution < 1.29 is 14.7 Å². The van der Waals surface area contributed by atoms with Gasteiger partial charge < -0.3 is 10.4 Å². The van der Waals surface area contributed by atoms with Crippen LogP contribution in [0.4, 0.5) is 0 Å². The van der Waals surface area contributed by atoms with Gasteiger partial charge in [0.05, 0.1) is 5.92 Å². The second-order valence-electron chi connectivity index (χ2n) is 6.75. The lowest BCUT2D eigenvalue weighted by atomic mass is 9.84. The van der Waals surface area contributed by atoms with Gasteiger partial charge in [0.15, 0.2) is 0 Å². The van der Waals surface area contributed by atoms with Crippen molar-refractivity contribution in [3.8, 4) is 0 Å². The van der Waals surface area contributed by atoms with Crippen LogP contribution in [-0.2, 0) is 9.59 Å². The Labute approximate surface area is 110 Å². The van der Waals surface area contributed by atoms with E-state index in [0.717, 1.165) is 6.42 Å². The molecule has 0 aromatic carbocycles. The highest BCUT2D eigenvalue weighted by molar-refractivity contribution is 5.82. The highest BCUT2D eigenvalue weighted by Crippen LogP contribution is 2.25. The molecule has 0 saturated carbocycles. The summed E-state index contributed by atoms with van der Waals surface area (Å²) in [6.45, 7) is 11.9. The SMILES string of the molecule is CCC(C)(C)C(=O)NCC(CC(C)(C)C)C(=O)O. The molecule has 0 aromatic heterocycles. The number of aliphatic carboxylic acids is 1. The third kappa shape index (κ3) is 6.03. The average Bonchev–Trinajstić information content (AvgIpc) is 2.21. The Balaban J connectivity index is 4.47. The fraction of sp³-hybridized carbons (Fsp3) is 0.857. The van der Waals surface area contributed by atoms with Crippen molar-refractivity contribution in [3.05, 3.63) is 0 Å². The van der Waals surface area contributed by atoms with Gasteiger partial charge in [-0.05, 0) is 18.3 Å². The molecule has 1 unspecified atom stereocenters. The van der Waals surface area contributed by atoms with Crippen molar-refractivity contribution in [3.63, 3.8) is 0 Å². The third-order valence-corrected chi connectivity index (χ3v) is 3.22. The van der Waals surface area contributed by atoms with Gasteiger partial charge in [-0.15, -0.1) is 0 Å². The van der Waals surface area contributed by atoms with Crippen molar-refractivity contribution in [2.45, 2.75) is 54.4 Å². The number of hydrogen-bond acceptors (Lipinski definition) is 2. The molecule has 0 rings (SSSR count). The first-order chi connectivity index (χ1) is 7.99. The molecule has 0 saturated heterocycles. The lowest BCUT2D eigenvalue weighted by Crippen LogP contribution is -2.41. The Hall–Kier alpha value is -1.06. The highest BCUT2D eigenvalue weighted by atomic mass is 16.4. The molecule has 0 aliphatic carbocycles. The van der Waals surface area contributed by atoms with E-state index in [-0.39, 0.29) is 17.9 Å². The topological polar surface area (TPSA) is 66.4 Å². The summed E-state index contributed by atoms with van der Waals surface area (Å²) in [5.41, 5.74) is -0.501. The second-order valence-corrected chi connectivity index (χ2v) is 6.75. The molecule has 0 spiro atoms. The summed E-state index contributed by atoms with van der Waals surface area (Å²) < 4.78 is 0. The van der Waals surface area contributed by atoms with Gasteiger partial charge in [0.25, 0.3) is 0 Å². The van der Waals surface area contributed by atoms with E-state index >= 15 is 0 Å². The Bertz CT molecular complexity index is 303. The number of carbonyl (C=O) groups excluding carboxylic acids is 1. The van der Waals surface area contributed by atoms with Crippen LogP contribution in [0.3, 0.4) is 0 Å². The highest BCUT2D eigenvalue weighted by Gasteiger charge is 2.29. The van der Waals surface area contributed by atoms with Gasteiger partial charge in [0.2, 0.25) is 5.91 Å². The first-order valence-corrected chi connectivity index (χ1v) is 6.50. The van der Waals surface area contributed by atoms with E-state index in [9.17, 15) is 9.59 Å². The zero-order chi connectivity index (χ0) is 14.6. The van der Waals surface area contributed by atoms with Crippen LogP contribution in [-0.4, -0.2) is 23.5 Å². The Kier molecular flexibility index (Phi) is 5.84. The van der Waals surface area contributed by atoms with Crippen LogP contribution in [0.2, 0.25) is 0 Å². The van der Waals surface area contributed by atoms with Crippen molar-refractivity contribution in [2.24, 2.45) is 16.7 Å². The van der Waals surface area contributed by atoms with Gasteiger partial charge in [-0.25, -0.2) is 0 Å². The predicted molar refractivity (Wildman–Crippen MR) is 72.3 cm³/mol. The van der Waals surface area contributed by atoms with Gasteiger partial charge in [-0.3, -0.25) is 9.59 Å². The summed E-state index contributed by atoms with van der Waals surface area (Å²) in [5.74, 6) is -1.45. The molecular formula is C14H27NO3. The Morgan fingerprint density at radius 2 is 1.67 bits per heavy atom. The molecule has 4 nitrogen and oxygen atoms in total. The summed E-state index contributed by atoms with van der Waals surface area (Å²) in [7, 11) is 0. The lowest BCUT2D eigenvalue weighted by Gasteiger charge is -2.26. The molecule has 1 amide bonds. The molecule has 2 N–H and O–H groups in total. The van der Waals surface area contributed by atoms with Gasteiger partial charge >= 0.3 is 5.97 Å². The zero-order valence-electron chi connectivity index (χ0n) is 12.5. The third-order valence-electron chi connectivity index (χ3n) is 3.22. The maximum atomic E-state index is 11.9. The normalized spacial score (nSPS) is 14.1. The first-order valence-electron chi connectivity index (χ1n) is 6.50. The minimum Gasteiger partial charge on any atom is -0.481 e. The van der Waals surface area contributed by atoms with Crippen LogP contribution >= 0.6 is 0 Å². The molecule has 1 atom stereocenters. The molecule has 0 bridgehead atoms. The summed E-state index contributed by atoms with van der Waals surface area (Å²) in [4.78, 5) is 23.0. The molecular weight excluding hydrogens is 230 g/mol. The number of nitrogens with one attached hydrogen (secondary N) is 1. The summed E-state index contributed by atoms with van der Waals surface area (Å²) in [5, 5.41) is 11.9. The molecule has 0 fully saturated rings. The van der Waals surface area contributed by atoms with E-state index in [1.807, 2.05) is 41.5 Å². The number of carbonyl (C=O) groups is 2. The fourth-order valence-corrected chi connectivity index (χ4v) is 1.60. The van der Waals surface area contributed by atoms with Crippen LogP contribution in [0.15, 0.2) is 0 Å². The van der Waals surface area contributed by atoms with E-state index in [1.165, 1.54) is 0 Å². The van der Waals surface area contributed by atoms with Crippen LogP contribution < -0.4 is 5.32 Å². The summed E-state index contributed by atoms with van der Waals surface area (Å²) in [6.07, 6.45) is 1.28. The number of carboxylic acid groups (broad SMARTS) is 1. The molecule has 0 heterocycles. The van der Waals surface area contributed by atoms with E-state index in [4.69, 9.17) is 5.11 Å². The quantitative estimate of drug-likeness (QED) is 0.768. The average molecular weight is 257 g/mol. The molecule has 4 heteroatoms. The van der Waals surface area contributed by atoms with Gasteiger partial charge in [-0.2, -0.15) is 0 Å². The zero-order valence-corrected chi connectivity index (χ0v) is 12.5. The molecule has 18 heavy (non-hydrogen) atoms. The van der Waals surface area contributed by atoms with E-state index in [1.54, 1.807) is 0 Å². The minimum atomic E-state index is -0.848. The van der Waals surface area contributed by atoms with Crippen LogP contribution in [0.1, 0.15) is 54.4 Å². The minimum absolute atomic E-state index is 0.0614. The van der Waals surface area contributed by atoms with Gasteiger partial charge in [0.1, 0.15) is 0 Å². The van der Waals surface area contributed by atoms with Crippen molar-refractivity contribution >= 4 is 11.9 Å². The largest absolute Gasteiger partial charge is 0.481 e. The predicted octanol–water partition coefficient (Wildman–Crippen LogP) is 2.68. The Morgan fingerprint density at radius 1 is 1.17 bits per heavy atom. The Morgan fingerprint density at radius 3 is 2.00 bits per heavy atom. The van der Waals surface area contributed by atoms with Crippen molar-refractivity contribution in [1.82, 2.24) is 5.32 Å². The monoisotopic (exact) mass is 257 g/mol. The van der Waals surface area contributed by atoms with Crippen molar-refractivity contribution in [2.75, 3.05) is 6.54 Å². The van der Waals surface area contributed by atoms with E-state index in [0.29, 0.717) is 6.42 Å². The van der Waals surface area contributed by atoms with Crippen molar-refractivity contribution in [1.29, 1.82) is 0 Å². The second kappa shape index (κ2) is 6.21. The lowest BCUT2D eigenvalue weighted by molar-refractivity contribution is -0.143. The fourth-order valence-electron chi connectivity index (χ4n) is 1.60. The molecule has 0 aromatic rings. The molecule has 0 radical (unpaired) electrons. The summed E-state index contributed by atoms with van der Waals surface area (Å²) >= 11 is 0. The number of hydrogen-bond donors (Lipinski definition) is 2. The smallest absolute Gasteiger partial charge is 0.308 e. The van der Waals surface area contributed by atoms with Crippen LogP contribution in [0.25, 0.3) is 0 Å².